The van der Waals surface area contributed by atoms with Gasteiger partial charge in [0.1, 0.15) is 5.75 Å². The molecule has 2 aromatic heterocycles. The van der Waals surface area contributed by atoms with Crippen molar-refractivity contribution in [2.45, 2.75) is 12.8 Å². The minimum Gasteiger partial charge on any atom is -0.497 e. The standard InChI is InChI=1S/C21H25N3O3S2.ClH/c1-26-16-5-6-18-19(14-16)29-21(22-18)24(20(25)15-17-4-2-13-28-17)8-3-7-23-9-11-27-12-10-23;/h2,4-6,13-14H,3,7-12,15H2,1H3;1H. The van der Waals surface area contributed by atoms with Crippen molar-refractivity contribution in [3.8, 4) is 5.75 Å². The van der Waals surface area contributed by atoms with Crippen LogP contribution in [-0.4, -0.2) is 62.3 Å². The maximum absolute atomic E-state index is 13.1. The number of anilines is 1. The van der Waals surface area contributed by atoms with Gasteiger partial charge in [-0.3, -0.25) is 14.6 Å². The van der Waals surface area contributed by atoms with E-state index in [1.54, 1.807) is 29.8 Å². The third kappa shape index (κ3) is 5.70. The van der Waals surface area contributed by atoms with Gasteiger partial charge in [0.25, 0.3) is 0 Å². The summed E-state index contributed by atoms with van der Waals surface area (Å²) in [5.41, 5.74) is 0.896. The monoisotopic (exact) mass is 467 g/mol. The number of ether oxygens (including phenoxy) is 2. The summed E-state index contributed by atoms with van der Waals surface area (Å²) in [5, 5.41) is 2.77. The molecule has 4 rings (SSSR count). The third-order valence-corrected chi connectivity index (χ3v) is 6.90. The summed E-state index contributed by atoms with van der Waals surface area (Å²) in [6.45, 7) is 5.14. The minimum absolute atomic E-state index is 0. The lowest BCUT2D eigenvalue weighted by Crippen LogP contribution is -2.39. The van der Waals surface area contributed by atoms with Crippen molar-refractivity contribution in [1.29, 1.82) is 0 Å². The van der Waals surface area contributed by atoms with Crippen LogP contribution in [0, 0.1) is 0 Å². The van der Waals surface area contributed by atoms with Crippen LogP contribution >= 0.6 is 35.1 Å². The number of thiazole rings is 1. The first-order valence-electron chi connectivity index (χ1n) is 9.80. The molecule has 162 valence electrons. The molecule has 1 aliphatic rings. The minimum atomic E-state index is 0. The van der Waals surface area contributed by atoms with E-state index in [-0.39, 0.29) is 18.3 Å². The Morgan fingerprint density at radius 1 is 1.30 bits per heavy atom. The van der Waals surface area contributed by atoms with Crippen LogP contribution in [0.3, 0.4) is 0 Å². The van der Waals surface area contributed by atoms with E-state index < -0.39 is 0 Å². The van der Waals surface area contributed by atoms with Crippen LogP contribution in [0.5, 0.6) is 5.75 Å². The smallest absolute Gasteiger partial charge is 0.234 e. The van der Waals surface area contributed by atoms with Gasteiger partial charge in [-0.1, -0.05) is 17.4 Å². The molecular weight excluding hydrogens is 442 g/mol. The molecule has 0 radical (unpaired) electrons. The number of hydrogen-bond donors (Lipinski definition) is 0. The molecule has 0 saturated carbocycles. The Morgan fingerprint density at radius 3 is 2.87 bits per heavy atom. The van der Waals surface area contributed by atoms with Crippen molar-refractivity contribution in [3.05, 3.63) is 40.6 Å². The average Bonchev–Trinajstić information content (AvgIpc) is 3.40. The highest BCUT2D eigenvalue weighted by Crippen LogP contribution is 2.32. The normalized spacial score (nSPS) is 14.4. The van der Waals surface area contributed by atoms with Gasteiger partial charge >= 0.3 is 0 Å². The molecule has 1 aromatic carbocycles. The second-order valence-corrected chi connectivity index (χ2v) is 8.98. The lowest BCUT2D eigenvalue weighted by molar-refractivity contribution is -0.118. The number of benzene rings is 1. The summed E-state index contributed by atoms with van der Waals surface area (Å²) in [6.07, 6.45) is 1.32. The zero-order valence-electron chi connectivity index (χ0n) is 16.9. The van der Waals surface area contributed by atoms with E-state index in [2.05, 4.69) is 4.90 Å². The number of fused-ring (bicyclic) bond motifs is 1. The number of rotatable bonds is 8. The molecular formula is C21H26ClN3O3S2. The number of amides is 1. The number of hydrogen-bond acceptors (Lipinski definition) is 7. The van der Waals surface area contributed by atoms with E-state index in [9.17, 15) is 4.79 Å². The van der Waals surface area contributed by atoms with Crippen LogP contribution in [0.4, 0.5) is 5.13 Å². The SMILES string of the molecule is COc1ccc2nc(N(CCCN3CCOCC3)C(=O)Cc3cccs3)sc2c1.Cl. The third-order valence-electron chi connectivity index (χ3n) is 4.98. The number of carbonyl (C=O) groups excluding carboxylic acids is 1. The Balaban J connectivity index is 0.00000256. The second-order valence-electron chi connectivity index (χ2n) is 6.94. The van der Waals surface area contributed by atoms with Gasteiger partial charge in [-0.25, -0.2) is 4.98 Å². The molecule has 1 saturated heterocycles. The zero-order valence-corrected chi connectivity index (χ0v) is 19.4. The number of halogens is 1. The Kier molecular flexibility index (Phi) is 8.47. The van der Waals surface area contributed by atoms with Crippen molar-refractivity contribution in [2.75, 3.05) is 51.4 Å². The Bertz CT molecular complexity index is 942. The summed E-state index contributed by atoms with van der Waals surface area (Å²) in [7, 11) is 1.66. The molecule has 30 heavy (non-hydrogen) atoms. The Labute approximate surface area is 190 Å². The average molecular weight is 468 g/mol. The van der Waals surface area contributed by atoms with Gasteiger partial charge in [0.15, 0.2) is 5.13 Å². The molecule has 0 bridgehead atoms. The topological polar surface area (TPSA) is 54.9 Å². The largest absolute Gasteiger partial charge is 0.497 e. The van der Waals surface area contributed by atoms with Crippen LogP contribution in [0.1, 0.15) is 11.3 Å². The van der Waals surface area contributed by atoms with Crippen molar-refractivity contribution >= 4 is 56.3 Å². The molecule has 3 heterocycles. The van der Waals surface area contributed by atoms with Crippen molar-refractivity contribution < 1.29 is 14.3 Å². The van der Waals surface area contributed by atoms with Crippen LogP contribution in [0.15, 0.2) is 35.7 Å². The van der Waals surface area contributed by atoms with E-state index >= 15 is 0 Å². The van der Waals surface area contributed by atoms with Crippen LogP contribution in [0.25, 0.3) is 10.2 Å². The second kappa shape index (κ2) is 11.1. The van der Waals surface area contributed by atoms with E-state index in [0.717, 1.165) is 65.2 Å². The van der Waals surface area contributed by atoms with Crippen molar-refractivity contribution in [1.82, 2.24) is 9.88 Å². The summed E-state index contributed by atoms with van der Waals surface area (Å²) in [5.74, 6) is 0.900. The molecule has 0 spiro atoms. The molecule has 0 atom stereocenters. The molecule has 0 aliphatic carbocycles. The molecule has 0 N–H and O–H groups in total. The fraction of sp³-hybridized carbons (Fsp3) is 0.429. The fourth-order valence-electron chi connectivity index (χ4n) is 3.40. The highest BCUT2D eigenvalue weighted by atomic mass is 35.5. The summed E-state index contributed by atoms with van der Waals surface area (Å²) >= 11 is 3.16. The van der Waals surface area contributed by atoms with E-state index in [1.165, 1.54) is 0 Å². The Morgan fingerprint density at radius 2 is 2.13 bits per heavy atom. The molecule has 6 nitrogen and oxygen atoms in total. The molecule has 1 fully saturated rings. The van der Waals surface area contributed by atoms with Crippen molar-refractivity contribution in [3.63, 3.8) is 0 Å². The number of morpholine rings is 1. The number of thiophene rings is 1. The number of aromatic nitrogens is 1. The fourth-order valence-corrected chi connectivity index (χ4v) is 5.13. The number of nitrogens with zero attached hydrogens (tertiary/aromatic N) is 3. The molecule has 0 unspecified atom stereocenters. The van der Waals surface area contributed by atoms with Crippen LogP contribution in [0.2, 0.25) is 0 Å². The lowest BCUT2D eigenvalue weighted by Gasteiger charge is -2.27. The van der Waals surface area contributed by atoms with Gasteiger partial charge in [0.05, 0.1) is 37.0 Å². The van der Waals surface area contributed by atoms with Gasteiger partial charge in [0, 0.05) is 31.1 Å². The summed E-state index contributed by atoms with van der Waals surface area (Å²) in [6, 6.07) is 9.83. The predicted octanol–water partition coefficient (Wildman–Crippen LogP) is 4.09. The van der Waals surface area contributed by atoms with Crippen molar-refractivity contribution in [2.24, 2.45) is 0 Å². The lowest BCUT2D eigenvalue weighted by atomic mass is 10.3. The summed E-state index contributed by atoms with van der Waals surface area (Å²) < 4.78 is 11.8. The van der Waals surface area contributed by atoms with E-state index in [0.29, 0.717) is 13.0 Å². The zero-order chi connectivity index (χ0) is 20.1. The van der Waals surface area contributed by atoms with Gasteiger partial charge < -0.3 is 9.47 Å². The highest BCUT2D eigenvalue weighted by molar-refractivity contribution is 7.22. The predicted molar refractivity (Wildman–Crippen MR) is 126 cm³/mol. The van der Waals surface area contributed by atoms with Gasteiger partial charge in [-0.15, -0.1) is 23.7 Å². The van der Waals surface area contributed by atoms with Gasteiger partial charge in [0.2, 0.25) is 5.91 Å². The highest BCUT2D eigenvalue weighted by Gasteiger charge is 2.21. The number of methoxy groups -OCH3 is 1. The van der Waals surface area contributed by atoms with Gasteiger partial charge in [-0.05, 0) is 36.1 Å². The van der Waals surface area contributed by atoms with Gasteiger partial charge in [-0.2, -0.15) is 0 Å². The molecule has 3 aromatic rings. The first-order chi connectivity index (χ1) is 14.2. The molecule has 1 amide bonds. The number of carbonyl (C=O) groups is 1. The maximum atomic E-state index is 13.1. The maximum Gasteiger partial charge on any atom is 0.234 e. The van der Waals surface area contributed by atoms with Crippen LogP contribution in [-0.2, 0) is 16.0 Å². The summed E-state index contributed by atoms with van der Waals surface area (Å²) in [4.78, 5) is 23.2. The molecule has 9 heteroatoms. The first kappa shape index (κ1) is 23.0. The van der Waals surface area contributed by atoms with E-state index in [4.69, 9.17) is 14.5 Å². The quantitative estimate of drug-likeness (QED) is 0.499. The Hall–Kier alpha value is -1.71. The van der Waals surface area contributed by atoms with E-state index in [1.807, 2.05) is 40.6 Å². The first-order valence-corrected chi connectivity index (χ1v) is 11.5. The molecule has 1 aliphatic heterocycles. The van der Waals surface area contributed by atoms with Crippen LogP contribution < -0.4 is 9.64 Å².